The third kappa shape index (κ3) is 2.37. The number of aliphatic imine (C=N–C) groups is 1. The van der Waals surface area contributed by atoms with E-state index in [9.17, 15) is 4.79 Å². The van der Waals surface area contributed by atoms with E-state index >= 15 is 0 Å². The molecule has 0 atom stereocenters. The van der Waals surface area contributed by atoms with Gasteiger partial charge in [-0.15, -0.1) is 0 Å². The van der Waals surface area contributed by atoms with Gasteiger partial charge in [-0.1, -0.05) is 6.58 Å². The monoisotopic (exact) mass is 153 g/mol. The van der Waals surface area contributed by atoms with Crippen molar-refractivity contribution in [1.29, 1.82) is 0 Å². The molecule has 0 saturated heterocycles. The minimum atomic E-state index is -0.410. The zero-order valence-corrected chi connectivity index (χ0v) is 6.76. The van der Waals surface area contributed by atoms with Crippen molar-refractivity contribution in [3.8, 4) is 0 Å². The third-order valence-corrected chi connectivity index (χ3v) is 1.24. The van der Waals surface area contributed by atoms with Crippen molar-refractivity contribution < 1.29 is 9.53 Å². The molecule has 0 aromatic heterocycles. The number of nitrogens with zero attached hydrogens (tertiary/aromatic N) is 1. The van der Waals surface area contributed by atoms with Gasteiger partial charge in [0, 0.05) is 0 Å². The number of hydrogen-bond acceptors (Lipinski definition) is 3. The van der Waals surface area contributed by atoms with Gasteiger partial charge < -0.3 is 4.74 Å². The second-order valence-corrected chi connectivity index (χ2v) is 1.86. The average molecular weight is 153 g/mol. The quantitative estimate of drug-likeness (QED) is 0.265. The molecule has 0 aliphatic rings. The SMILES string of the molecule is C=C/C(N=C)=C(\C)C(=O)OC. The Hall–Kier alpha value is -1.38. The summed E-state index contributed by atoms with van der Waals surface area (Å²) in [5, 5.41) is 0. The summed E-state index contributed by atoms with van der Waals surface area (Å²) < 4.78 is 4.46. The lowest BCUT2D eigenvalue weighted by molar-refractivity contribution is -0.136. The van der Waals surface area contributed by atoms with E-state index in [0.717, 1.165) is 0 Å². The molecular weight excluding hydrogens is 142 g/mol. The number of ether oxygens (including phenoxy) is 1. The van der Waals surface area contributed by atoms with Crippen LogP contribution in [0.15, 0.2) is 28.9 Å². The van der Waals surface area contributed by atoms with Crippen molar-refractivity contribution in [2.75, 3.05) is 7.11 Å². The molecule has 0 radical (unpaired) electrons. The van der Waals surface area contributed by atoms with Crippen LogP contribution < -0.4 is 0 Å². The highest BCUT2D eigenvalue weighted by Gasteiger charge is 2.06. The first kappa shape index (κ1) is 9.62. The molecule has 3 heteroatoms. The van der Waals surface area contributed by atoms with Crippen LogP contribution >= 0.6 is 0 Å². The summed E-state index contributed by atoms with van der Waals surface area (Å²) in [5.41, 5.74) is 0.870. The minimum absolute atomic E-state index is 0.410. The summed E-state index contributed by atoms with van der Waals surface area (Å²) >= 11 is 0. The molecule has 0 unspecified atom stereocenters. The van der Waals surface area contributed by atoms with Gasteiger partial charge in [-0.05, 0) is 19.7 Å². The smallest absolute Gasteiger partial charge is 0.335 e. The number of rotatable bonds is 3. The standard InChI is InChI=1S/C8H11NO2/c1-5-7(9-3)6(2)8(10)11-4/h5H,1,3H2,2,4H3/b7-6-. The van der Waals surface area contributed by atoms with Gasteiger partial charge in [0.25, 0.3) is 0 Å². The fourth-order valence-electron chi connectivity index (χ4n) is 0.594. The van der Waals surface area contributed by atoms with Crippen LogP contribution in [-0.2, 0) is 9.53 Å². The second kappa shape index (κ2) is 4.44. The Bertz CT molecular complexity index is 206. The van der Waals surface area contributed by atoms with E-state index in [1.807, 2.05) is 0 Å². The molecule has 0 aromatic carbocycles. The lowest BCUT2D eigenvalue weighted by Gasteiger charge is -1.99. The molecule has 0 aromatic rings. The Morgan fingerprint density at radius 1 is 1.64 bits per heavy atom. The first-order valence-corrected chi connectivity index (χ1v) is 3.05. The molecule has 3 nitrogen and oxygen atoms in total. The van der Waals surface area contributed by atoms with E-state index in [-0.39, 0.29) is 0 Å². The van der Waals surface area contributed by atoms with Crippen molar-refractivity contribution in [2.45, 2.75) is 6.92 Å². The Morgan fingerprint density at radius 2 is 2.18 bits per heavy atom. The molecule has 0 bridgehead atoms. The molecular formula is C8H11NO2. The van der Waals surface area contributed by atoms with Crippen LogP contribution in [0.5, 0.6) is 0 Å². The Labute approximate surface area is 66.1 Å². The van der Waals surface area contributed by atoms with Gasteiger partial charge in [0.05, 0.1) is 18.4 Å². The zero-order valence-electron chi connectivity index (χ0n) is 6.76. The molecule has 0 aliphatic carbocycles. The first-order chi connectivity index (χ1) is 5.17. The van der Waals surface area contributed by atoms with E-state index in [4.69, 9.17) is 0 Å². The number of hydrogen-bond donors (Lipinski definition) is 0. The summed E-state index contributed by atoms with van der Waals surface area (Å²) in [5.74, 6) is -0.410. The fraction of sp³-hybridized carbons (Fsp3) is 0.250. The number of methoxy groups -OCH3 is 1. The summed E-state index contributed by atoms with van der Waals surface area (Å²) in [6.07, 6.45) is 1.46. The van der Waals surface area contributed by atoms with Crippen molar-refractivity contribution in [2.24, 2.45) is 4.99 Å². The molecule has 0 spiro atoms. The first-order valence-electron chi connectivity index (χ1n) is 3.05. The van der Waals surface area contributed by atoms with E-state index in [1.165, 1.54) is 13.2 Å². The zero-order chi connectivity index (χ0) is 8.85. The van der Waals surface area contributed by atoms with Gasteiger partial charge in [-0.3, -0.25) is 4.99 Å². The molecule has 0 N–H and O–H groups in total. The highest BCUT2D eigenvalue weighted by Crippen LogP contribution is 2.06. The lowest BCUT2D eigenvalue weighted by atomic mass is 10.2. The van der Waals surface area contributed by atoms with E-state index in [2.05, 4.69) is 23.0 Å². The number of esters is 1. The second-order valence-electron chi connectivity index (χ2n) is 1.86. The van der Waals surface area contributed by atoms with E-state index in [0.29, 0.717) is 11.3 Å². The van der Waals surface area contributed by atoms with Gasteiger partial charge in [-0.2, -0.15) is 0 Å². The highest BCUT2D eigenvalue weighted by molar-refractivity contribution is 5.89. The molecule has 0 rings (SSSR count). The minimum Gasteiger partial charge on any atom is -0.466 e. The number of carbonyl (C=O) groups excluding carboxylic acids is 1. The predicted molar refractivity (Wildman–Crippen MR) is 44.5 cm³/mol. The largest absolute Gasteiger partial charge is 0.466 e. The van der Waals surface area contributed by atoms with Gasteiger partial charge in [0.2, 0.25) is 0 Å². The summed E-state index contributed by atoms with van der Waals surface area (Å²) in [6.45, 7) is 8.36. The molecule has 60 valence electrons. The van der Waals surface area contributed by atoms with E-state index in [1.54, 1.807) is 6.92 Å². The average Bonchev–Trinajstić information content (AvgIpc) is 2.05. The summed E-state index contributed by atoms with van der Waals surface area (Å²) in [7, 11) is 1.32. The van der Waals surface area contributed by atoms with Crippen molar-refractivity contribution in [1.82, 2.24) is 0 Å². The van der Waals surface area contributed by atoms with Crippen LogP contribution in [0.3, 0.4) is 0 Å². The maximum absolute atomic E-state index is 10.9. The lowest BCUT2D eigenvalue weighted by Crippen LogP contribution is -2.03. The van der Waals surface area contributed by atoms with Crippen LogP contribution in [0.4, 0.5) is 0 Å². The molecule has 0 saturated carbocycles. The van der Waals surface area contributed by atoms with Gasteiger partial charge in [-0.25, -0.2) is 4.79 Å². The summed E-state index contributed by atoms with van der Waals surface area (Å²) in [4.78, 5) is 14.4. The predicted octanol–water partition coefficient (Wildman–Crippen LogP) is 1.32. The van der Waals surface area contributed by atoms with Crippen LogP contribution in [0.25, 0.3) is 0 Å². The Morgan fingerprint density at radius 3 is 2.45 bits per heavy atom. The number of carbonyl (C=O) groups is 1. The maximum Gasteiger partial charge on any atom is 0.335 e. The van der Waals surface area contributed by atoms with Gasteiger partial charge in [0.1, 0.15) is 0 Å². The molecule has 0 aliphatic heterocycles. The fourth-order valence-corrected chi connectivity index (χ4v) is 0.594. The van der Waals surface area contributed by atoms with Crippen LogP contribution in [0, 0.1) is 0 Å². The maximum atomic E-state index is 10.9. The summed E-state index contributed by atoms with van der Waals surface area (Å²) in [6, 6.07) is 0. The van der Waals surface area contributed by atoms with Crippen molar-refractivity contribution in [3.63, 3.8) is 0 Å². The van der Waals surface area contributed by atoms with Crippen molar-refractivity contribution >= 4 is 12.7 Å². The topological polar surface area (TPSA) is 38.7 Å². The molecule has 0 heterocycles. The normalized spacial score (nSPS) is 11.5. The molecule has 0 amide bonds. The Balaban J connectivity index is 4.74. The Kier molecular flexibility index (Phi) is 3.88. The van der Waals surface area contributed by atoms with Crippen LogP contribution in [0.2, 0.25) is 0 Å². The molecule has 11 heavy (non-hydrogen) atoms. The van der Waals surface area contributed by atoms with Gasteiger partial charge in [0.15, 0.2) is 0 Å². The van der Waals surface area contributed by atoms with E-state index < -0.39 is 5.97 Å². The molecule has 0 fully saturated rings. The van der Waals surface area contributed by atoms with Crippen LogP contribution in [0.1, 0.15) is 6.92 Å². The number of allylic oxidation sites excluding steroid dienone is 1. The van der Waals surface area contributed by atoms with Crippen LogP contribution in [-0.4, -0.2) is 19.8 Å². The highest BCUT2D eigenvalue weighted by atomic mass is 16.5. The van der Waals surface area contributed by atoms with Gasteiger partial charge >= 0.3 is 5.97 Å². The third-order valence-electron chi connectivity index (χ3n) is 1.24. The van der Waals surface area contributed by atoms with Crippen molar-refractivity contribution in [3.05, 3.63) is 23.9 Å².